The van der Waals surface area contributed by atoms with Gasteiger partial charge in [0, 0.05) is 17.1 Å². The number of benzene rings is 2. The summed E-state index contributed by atoms with van der Waals surface area (Å²) >= 11 is 5.69. The highest BCUT2D eigenvalue weighted by Gasteiger charge is 2.16. The van der Waals surface area contributed by atoms with E-state index in [0.717, 1.165) is 35.2 Å². The fourth-order valence-electron chi connectivity index (χ4n) is 3.08. The predicted molar refractivity (Wildman–Crippen MR) is 125 cm³/mol. The molecular formula is C22H20ClFN6O2S. The van der Waals surface area contributed by atoms with Gasteiger partial charge in [0.25, 0.3) is 10.0 Å². The molecule has 8 nitrogen and oxygen atoms in total. The number of aryl methyl sites for hydroxylation is 1. The summed E-state index contributed by atoms with van der Waals surface area (Å²) < 4.78 is 42.5. The highest BCUT2D eigenvalue weighted by atomic mass is 35.5. The SMILES string of the molecule is Cc1nn(-c2ccc(Nc3ccc(NS(=O)(=O)c4ccc(F)c(Cl)c4)cc3)nn2)c(C)c1C. The highest BCUT2D eigenvalue weighted by Crippen LogP contribution is 2.23. The third-order valence-corrected chi connectivity index (χ3v) is 6.80. The number of anilines is 3. The molecule has 2 heterocycles. The van der Waals surface area contributed by atoms with E-state index in [1.165, 1.54) is 0 Å². The van der Waals surface area contributed by atoms with Crippen molar-refractivity contribution in [2.45, 2.75) is 25.7 Å². The molecule has 0 bridgehead atoms. The Balaban J connectivity index is 1.45. The maximum atomic E-state index is 13.3. The van der Waals surface area contributed by atoms with E-state index < -0.39 is 15.8 Å². The number of hydrogen-bond acceptors (Lipinski definition) is 6. The second-order valence-electron chi connectivity index (χ2n) is 7.37. The first kappa shape index (κ1) is 22.7. The van der Waals surface area contributed by atoms with Crippen molar-refractivity contribution < 1.29 is 12.8 Å². The topological polar surface area (TPSA) is 102 Å². The van der Waals surface area contributed by atoms with Gasteiger partial charge in [-0.15, -0.1) is 10.2 Å². The first-order valence-electron chi connectivity index (χ1n) is 9.86. The molecule has 2 aromatic carbocycles. The summed E-state index contributed by atoms with van der Waals surface area (Å²) in [5.74, 6) is 0.443. The molecule has 0 unspecified atom stereocenters. The van der Waals surface area contributed by atoms with E-state index in [-0.39, 0.29) is 9.92 Å². The minimum atomic E-state index is -3.91. The zero-order valence-electron chi connectivity index (χ0n) is 18.0. The minimum Gasteiger partial charge on any atom is -0.339 e. The molecule has 0 radical (unpaired) electrons. The molecule has 0 amide bonds. The fraction of sp³-hybridized carbons (Fsp3) is 0.136. The van der Waals surface area contributed by atoms with Crippen LogP contribution in [-0.2, 0) is 10.0 Å². The Morgan fingerprint density at radius 3 is 2.21 bits per heavy atom. The lowest BCUT2D eigenvalue weighted by Gasteiger charge is -2.10. The number of rotatable bonds is 6. The Kier molecular flexibility index (Phi) is 6.05. The molecule has 11 heteroatoms. The molecular weight excluding hydrogens is 467 g/mol. The standard InChI is InChI=1S/C22H20ClFN6O2S/c1-13-14(2)28-30(15(13)3)22-11-10-21(26-27-22)25-16-4-6-17(7-5-16)29-33(31,32)18-8-9-20(24)19(23)12-18/h4-12,29H,1-3H3,(H,25,26). The Bertz CT molecular complexity index is 1420. The average molecular weight is 487 g/mol. The van der Waals surface area contributed by atoms with Gasteiger partial charge >= 0.3 is 0 Å². The summed E-state index contributed by atoms with van der Waals surface area (Å²) in [6, 6.07) is 13.4. The van der Waals surface area contributed by atoms with E-state index in [9.17, 15) is 12.8 Å². The predicted octanol–water partition coefficient (Wildman–Crippen LogP) is 4.92. The molecule has 170 valence electrons. The van der Waals surface area contributed by atoms with Gasteiger partial charge in [0.05, 0.1) is 15.6 Å². The van der Waals surface area contributed by atoms with Crippen molar-refractivity contribution in [3.8, 4) is 5.82 Å². The summed E-state index contributed by atoms with van der Waals surface area (Å²) in [6.45, 7) is 5.93. The van der Waals surface area contributed by atoms with Crippen molar-refractivity contribution in [3.05, 3.63) is 82.4 Å². The molecule has 0 aliphatic heterocycles. The van der Waals surface area contributed by atoms with E-state index >= 15 is 0 Å². The van der Waals surface area contributed by atoms with Crippen LogP contribution in [0.4, 0.5) is 21.6 Å². The van der Waals surface area contributed by atoms with E-state index in [0.29, 0.717) is 23.0 Å². The zero-order valence-corrected chi connectivity index (χ0v) is 19.5. The third kappa shape index (κ3) is 4.81. The van der Waals surface area contributed by atoms with Crippen LogP contribution in [0.3, 0.4) is 0 Å². The molecule has 4 aromatic rings. The quantitative estimate of drug-likeness (QED) is 0.401. The lowest BCUT2D eigenvalue weighted by atomic mass is 10.2. The summed E-state index contributed by atoms with van der Waals surface area (Å²) in [5.41, 5.74) is 4.07. The number of sulfonamides is 1. The van der Waals surface area contributed by atoms with Crippen LogP contribution in [-0.4, -0.2) is 28.4 Å². The van der Waals surface area contributed by atoms with Gasteiger partial charge in [-0.3, -0.25) is 4.72 Å². The van der Waals surface area contributed by atoms with Crippen molar-refractivity contribution in [3.63, 3.8) is 0 Å². The van der Waals surface area contributed by atoms with Crippen LogP contribution in [0.5, 0.6) is 0 Å². The number of hydrogen-bond donors (Lipinski definition) is 2. The smallest absolute Gasteiger partial charge is 0.261 e. The highest BCUT2D eigenvalue weighted by molar-refractivity contribution is 7.92. The summed E-state index contributed by atoms with van der Waals surface area (Å²) in [4.78, 5) is -0.135. The number of nitrogens with one attached hydrogen (secondary N) is 2. The fourth-order valence-corrected chi connectivity index (χ4v) is 4.41. The van der Waals surface area contributed by atoms with Gasteiger partial charge in [0.2, 0.25) is 0 Å². The maximum Gasteiger partial charge on any atom is 0.261 e. The van der Waals surface area contributed by atoms with E-state index in [4.69, 9.17) is 11.6 Å². The first-order chi connectivity index (χ1) is 15.6. The molecule has 0 spiro atoms. The Hall–Kier alpha value is -3.50. The molecule has 0 aliphatic rings. The number of nitrogens with zero attached hydrogens (tertiary/aromatic N) is 4. The molecule has 0 aliphatic carbocycles. The van der Waals surface area contributed by atoms with Gasteiger partial charge in [0.1, 0.15) is 5.82 Å². The molecule has 0 fully saturated rings. The van der Waals surface area contributed by atoms with Gasteiger partial charge < -0.3 is 5.32 Å². The van der Waals surface area contributed by atoms with Crippen LogP contribution in [0.1, 0.15) is 17.0 Å². The van der Waals surface area contributed by atoms with Gasteiger partial charge in [-0.25, -0.2) is 17.5 Å². The average Bonchev–Trinajstić information content (AvgIpc) is 3.04. The largest absolute Gasteiger partial charge is 0.339 e. The van der Waals surface area contributed by atoms with Crippen molar-refractivity contribution in [2.75, 3.05) is 10.0 Å². The molecule has 33 heavy (non-hydrogen) atoms. The van der Waals surface area contributed by atoms with Gasteiger partial charge in [0.15, 0.2) is 11.6 Å². The van der Waals surface area contributed by atoms with Crippen LogP contribution >= 0.6 is 11.6 Å². The van der Waals surface area contributed by atoms with Crippen molar-refractivity contribution >= 4 is 38.8 Å². The second-order valence-corrected chi connectivity index (χ2v) is 9.46. The van der Waals surface area contributed by atoms with Gasteiger partial charge in [-0.1, -0.05) is 11.6 Å². The van der Waals surface area contributed by atoms with Crippen LogP contribution in [0.2, 0.25) is 5.02 Å². The van der Waals surface area contributed by atoms with Crippen LogP contribution in [0.25, 0.3) is 5.82 Å². The molecule has 0 atom stereocenters. The lowest BCUT2D eigenvalue weighted by Crippen LogP contribution is -2.13. The summed E-state index contributed by atoms with van der Waals surface area (Å²) in [5, 5.41) is 15.7. The number of aromatic nitrogens is 4. The van der Waals surface area contributed by atoms with Gasteiger partial charge in [-0.2, -0.15) is 5.10 Å². The molecule has 2 N–H and O–H groups in total. The molecule has 2 aromatic heterocycles. The third-order valence-electron chi connectivity index (χ3n) is 5.13. The molecule has 4 rings (SSSR count). The van der Waals surface area contributed by atoms with Crippen LogP contribution in [0.15, 0.2) is 59.5 Å². The Morgan fingerprint density at radius 1 is 0.939 bits per heavy atom. The van der Waals surface area contributed by atoms with E-state index in [1.54, 1.807) is 35.0 Å². The normalized spacial score (nSPS) is 11.4. The first-order valence-corrected chi connectivity index (χ1v) is 11.7. The van der Waals surface area contributed by atoms with Crippen molar-refractivity contribution in [1.29, 1.82) is 0 Å². The second kappa shape index (κ2) is 8.80. The maximum absolute atomic E-state index is 13.3. The zero-order chi connectivity index (χ0) is 23.8. The Labute approximate surface area is 195 Å². The van der Waals surface area contributed by atoms with Crippen LogP contribution in [0, 0.1) is 26.6 Å². The van der Waals surface area contributed by atoms with Crippen molar-refractivity contribution in [2.24, 2.45) is 0 Å². The van der Waals surface area contributed by atoms with Gasteiger partial charge in [-0.05, 0) is 80.9 Å². The monoisotopic (exact) mass is 486 g/mol. The minimum absolute atomic E-state index is 0.135. The molecule has 0 saturated heterocycles. The van der Waals surface area contributed by atoms with E-state index in [2.05, 4.69) is 25.3 Å². The summed E-state index contributed by atoms with van der Waals surface area (Å²) in [7, 11) is -3.91. The van der Waals surface area contributed by atoms with Crippen molar-refractivity contribution in [1.82, 2.24) is 20.0 Å². The van der Waals surface area contributed by atoms with E-state index in [1.807, 2.05) is 26.8 Å². The van der Waals surface area contributed by atoms with Crippen LogP contribution < -0.4 is 10.0 Å². The Morgan fingerprint density at radius 2 is 1.64 bits per heavy atom. The lowest BCUT2D eigenvalue weighted by molar-refractivity contribution is 0.599. The number of halogens is 2. The summed E-state index contributed by atoms with van der Waals surface area (Å²) in [6.07, 6.45) is 0. The molecule has 0 saturated carbocycles.